The van der Waals surface area contributed by atoms with Gasteiger partial charge in [-0.1, -0.05) is 38.8 Å². The van der Waals surface area contributed by atoms with Crippen molar-refractivity contribution in [3.63, 3.8) is 0 Å². The molecular formula is C6H18Si2. The molecule has 0 aromatic rings. The fourth-order valence-electron chi connectivity index (χ4n) is 0.667. The second-order valence-electron chi connectivity index (χ2n) is 3.37. The predicted molar refractivity (Wildman–Crippen MR) is 47.3 cm³/mol. The highest BCUT2D eigenvalue weighted by molar-refractivity contribution is 7.01. The van der Waals surface area contributed by atoms with Crippen LogP contribution in [0.2, 0.25) is 11.1 Å². The van der Waals surface area contributed by atoms with E-state index in [-0.39, 0.29) is 0 Å². The molecular weight excluding hydrogens is 128 g/mol. The average molecular weight is 146 g/mol. The Morgan fingerprint density at radius 1 is 0.750 bits per heavy atom. The maximum absolute atomic E-state index is 2.38. The van der Waals surface area contributed by atoms with E-state index in [1.165, 1.54) is 0 Å². The quantitative estimate of drug-likeness (QED) is 0.519. The maximum Gasteiger partial charge on any atom is 0.0114 e. The molecule has 0 radical (unpaired) electrons. The minimum Gasteiger partial charge on any atom is -0.0660 e. The van der Waals surface area contributed by atoms with Crippen LogP contribution < -0.4 is 0 Å². The summed E-state index contributed by atoms with van der Waals surface area (Å²) in [6.07, 6.45) is 0. The standard InChI is InChI=1S/C6H18Si2/c1-5(2)7-8-6(3)4/h5-6H,7-8H2,1-4H3. The third-order valence-electron chi connectivity index (χ3n) is 1.32. The lowest BCUT2D eigenvalue weighted by atomic mass is 10.6. The van der Waals surface area contributed by atoms with E-state index in [2.05, 4.69) is 27.7 Å². The fraction of sp³-hybridized carbons (Fsp3) is 1.00. The molecule has 0 aliphatic carbocycles. The van der Waals surface area contributed by atoms with E-state index >= 15 is 0 Å². The molecule has 0 bridgehead atoms. The van der Waals surface area contributed by atoms with Crippen LogP contribution >= 0.6 is 0 Å². The molecule has 0 amide bonds. The monoisotopic (exact) mass is 146 g/mol. The second-order valence-corrected chi connectivity index (χ2v) is 11.2. The minimum absolute atomic E-state index is 0.438. The third-order valence-corrected chi connectivity index (χ3v) is 11.9. The summed E-state index contributed by atoms with van der Waals surface area (Å²) in [7, 11) is 0.875. The van der Waals surface area contributed by atoms with Gasteiger partial charge in [-0.3, -0.25) is 0 Å². The van der Waals surface area contributed by atoms with Crippen molar-refractivity contribution in [1.82, 2.24) is 0 Å². The van der Waals surface area contributed by atoms with Gasteiger partial charge in [-0.25, -0.2) is 0 Å². The molecule has 8 heavy (non-hydrogen) atoms. The third kappa shape index (κ3) is 6.43. The first kappa shape index (κ1) is 8.43. The molecule has 0 spiro atoms. The Bertz CT molecular complexity index is 42.5. The highest BCUT2D eigenvalue weighted by Crippen LogP contribution is 2.01. The van der Waals surface area contributed by atoms with Gasteiger partial charge in [0.1, 0.15) is 0 Å². The van der Waals surface area contributed by atoms with Gasteiger partial charge in [0.05, 0.1) is 0 Å². The van der Waals surface area contributed by atoms with Crippen LogP contribution in [0.5, 0.6) is 0 Å². The molecule has 0 heterocycles. The molecule has 0 fully saturated rings. The normalized spacial score (nSPS) is 14.2. The fourth-order valence-corrected chi connectivity index (χ4v) is 6.00. The SMILES string of the molecule is CC(C)[SiH2][SiH2]C(C)C. The maximum atomic E-state index is 2.38. The van der Waals surface area contributed by atoms with E-state index < -0.39 is 0 Å². The van der Waals surface area contributed by atoms with Crippen LogP contribution in [0.3, 0.4) is 0 Å². The summed E-state index contributed by atoms with van der Waals surface area (Å²) in [5.74, 6) is 0. The van der Waals surface area contributed by atoms with E-state index in [4.69, 9.17) is 0 Å². The molecule has 0 saturated carbocycles. The zero-order valence-electron chi connectivity index (χ0n) is 6.57. The molecule has 0 saturated heterocycles. The second kappa shape index (κ2) is 4.33. The molecule has 0 aromatic heterocycles. The smallest absolute Gasteiger partial charge is 0.0114 e. The molecule has 0 nitrogen and oxygen atoms in total. The number of hydrogen-bond acceptors (Lipinski definition) is 0. The van der Waals surface area contributed by atoms with Gasteiger partial charge in [0.2, 0.25) is 0 Å². The zero-order chi connectivity index (χ0) is 6.57. The van der Waals surface area contributed by atoms with Gasteiger partial charge in [-0.05, 0) is 0 Å². The Morgan fingerprint density at radius 3 is 1.12 bits per heavy atom. The largest absolute Gasteiger partial charge is 0.0660 e. The van der Waals surface area contributed by atoms with Crippen LogP contribution in [0.25, 0.3) is 0 Å². The molecule has 0 aliphatic rings. The summed E-state index contributed by atoms with van der Waals surface area (Å²) in [5.41, 5.74) is 2.17. The van der Waals surface area contributed by atoms with Gasteiger partial charge in [0, 0.05) is 18.1 Å². The summed E-state index contributed by atoms with van der Waals surface area (Å²) >= 11 is 0. The van der Waals surface area contributed by atoms with Crippen molar-refractivity contribution in [3.8, 4) is 0 Å². The van der Waals surface area contributed by atoms with E-state index in [0.717, 1.165) is 11.1 Å². The Labute approximate surface area is 57.5 Å². The molecule has 0 aliphatic heterocycles. The summed E-state index contributed by atoms with van der Waals surface area (Å²) < 4.78 is 0. The number of rotatable bonds is 3. The van der Waals surface area contributed by atoms with E-state index in [1.54, 1.807) is 0 Å². The molecule has 0 atom stereocenters. The predicted octanol–water partition coefficient (Wildman–Crippen LogP) is 0.896. The van der Waals surface area contributed by atoms with E-state index in [1.807, 2.05) is 0 Å². The van der Waals surface area contributed by atoms with Crippen LogP contribution in [-0.2, 0) is 0 Å². The number of hydrogen-bond donors (Lipinski definition) is 0. The van der Waals surface area contributed by atoms with Crippen LogP contribution in [-0.4, -0.2) is 18.1 Å². The molecule has 0 N–H and O–H groups in total. The van der Waals surface area contributed by atoms with Crippen molar-refractivity contribution in [2.24, 2.45) is 0 Å². The lowest BCUT2D eigenvalue weighted by Crippen LogP contribution is -2.09. The summed E-state index contributed by atoms with van der Waals surface area (Å²) in [6.45, 7) is 9.51. The zero-order valence-corrected chi connectivity index (χ0v) is 9.40. The van der Waals surface area contributed by atoms with Crippen LogP contribution in [0.1, 0.15) is 27.7 Å². The van der Waals surface area contributed by atoms with Crippen molar-refractivity contribution < 1.29 is 0 Å². The average Bonchev–Trinajstić information content (AvgIpc) is 1.61. The molecule has 0 rings (SSSR count). The van der Waals surface area contributed by atoms with Crippen molar-refractivity contribution in [2.45, 2.75) is 38.8 Å². The lowest BCUT2D eigenvalue weighted by molar-refractivity contribution is 1.05. The highest BCUT2D eigenvalue weighted by Gasteiger charge is 1.97. The highest BCUT2D eigenvalue weighted by atomic mass is 29.1. The van der Waals surface area contributed by atoms with Gasteiger partial charge in [0.15, 0.2) is 0 Å². The van der Waals surface area contributed by atoms with E-state index in [9.17, 15) is 0 Å². The van der Waals surface area contributed by atoms with Crippen molar-refractivity contribution >= 4 is 18.1 Å². The first-order valence-electron chi connectivity index (χ1n) is 3.63. The molecule has 50 valence electrons. The Balaban J connectivity index is 2.93. The van der Waals surface area contributed by atoms with Crippen molar-refractivity contribution in [2.75, 3.05) is 0 Å². The van der Waals surface area contributed by atoms with Crippen molar-refractivity contribution in [3.05, 3.63) is 0 Å². The molecule has 0 unspecified atom stereocenters. The Kier molecular flexibility index (Phi) is 4.56. The lowest BCUT2D eigenvalue weighted by Gasteiger charge is -2.03. The van der Waals surface area contributed by atoms with Gasteiger partial charge in [-0.2, -0.15) is 0 Å². The van der Waals surface area contributed by atoms with Gasteiger partial charge < -0.3 is 0 Å². The minimum atomic E-state index is 0.438. The topological polar surface area (TPSA) is 0 Å². The molecule has 0 aromatic carbocycles. The van der Waals surface area contributed by atoms with Crippen molar-refractivity contribution in [1.29, 1.82) is 0 Å². The summed E-state index contributed by atoms with van der Waals surface area (Å²) in [5, 5.41) is 0. The van der Waals surface area contributed by atoms with Crippen LogP contribution in [0, 0.1) is 0 Å². The summed E-state index contributed by atoms with van der Waals surface area (Å²) in [4.78, 5) is 0. The van der Waals surface area contributed by atoms with Gasteiger partial charge in [-0.15, -0.1) is 0 Å². The Hall–Kier alpha value is 0.434. The molecule has 2 heteroatoms. The van der Waals surface area contributed by atoms with Crippen LogP contribution in [0.15, 0.2) is 0 Å². The van der Waals surface area contributed by atoms with Gasteiger partial charge in [0.25, 0.3) is 0 Å². The summed E-state index contributed by atoms with van der Waals surface area (Å²) in [6, 6.07) is 0. The van der Waals surface area contributed by atoms with Gasteiger partial charge >= 0.3 is 0 Å². The Morgan fingerprint density at radius 2 is 1.00 bits per heavy atom. The van der Waals surface area contributed by atoms with Crippen LogP contribution in [0.4, 0.5) is 0 Å². The first-order valence-corrected chi connectivity index (χ1v) is 9.26. The van der Waals surface area contributed by atoms with E-state index in [0.29, 0.717) is 18.1 Å². The first-order chi connectivity index (χ1) is 3.63.